The zero-order valence-electron chi connectivity index (χ0n) is 22.6. The van der Waals surface area contributed by atoms with Gasteiger partial charge >= 0.3 is 6.03 Å². The summed E-state index contributed by atoms with van der Waals surface area (Å²) in [7, 11) is 0. The molecule has 3 rings (SSSR count). The van der Waals surface area contributed by atoms with E-state index in [-0.39, 0.29) is 24.0 Å². The van der Waals surface area contributed by atoms with Gasteiger partial charge in [0, 0.05) is 36.7 Å². The van der Waals surface area contributed by atoms with Crippen LogP contribution in [0.2, 0.25) is 0 Å². The van der Waals surface area contributed by atoms with Gasteiger partial charge in [0.25, 0.3) is 0 Å². The van der Waals surface area contributed by atoms with Crippen molar-refractivity contribution in [2.75, 3.05) is 58.5 Å². The molecule has 1 aromatic rings. The number of nitrogens with zero attached hydrogens (tertiary/aromatic N) is 3. The summed E-state index contributed by atoms with van der Waals surface area (Å²) in [6.07, 6.45) is 7.68. The van der Waals surface area contributed by atoms with E-state index in [2.05, 4.69) is 38.5 Å². The first-order chi connectivity index (χ1) is 18.7. The molecule has 2 fully saturated rings. The molecule has 2 aliphatic rings. The Morgan fingerprint density at radius 1 is 1.08 bits per heavy atom. The lowest BCUT2D eigenvalue weighted by molar-refractivity contribution is -0.121. The number of hydrogen-bond acceptors (Lipinski definition) is 9. The van der Waals surface area contributed by atoms with Gasteiger partial charge in [0.2, 0.25) is 5.91 Å². The maximum absolute atomic E-state index is 12.0. The summed E-state index contributed by atoms with van der Waals surface area (Å²) < 4.78 is 18.4. The minimum absolute atomic E-state index is 0.0530. The van der Waals surface area contributed by atoms with Gasteiger partial charge in [0.05, 0.1) is 64.0 Å². The summed E-state index contributed by atoms with van der Waals surface area (Å²) in [6, 6.07) is 0.437. The highest BCUT2D eigenvalue weighted by molar-refractivity contribution is 8.00. The third kappa shape index (κ3) is 11.9. The van der Waals surface area contributed by atoms with Gasteiger partial charge in [-0.2, -0.15) is 11.8 Å². The molecular formula is C25H45N7O5S. The van der Waals surface area contributed by atoms with Gasteiger partial charge in [-0.15, -0.1) is 5.10 Å². The van der Waals surface area contributed by atoms with Crippen LogP contribution in [0.15, 0.2) is 6.20 Å². The van der Waals surface area contributed by atoms with Gasteiger partial charge in [-0.25, -0.2) is 9.48 Å². The Morgan fingerprint density at radius 2 is 1.87 bits per heavy atom. The Labute approximate surface area is 230 Å². The lowest BCUT2D eigenvalue weighted by Gasteiger charge is -2.16. The normalized spacial score (nSPS) is 20.3. The van der Waals surface area contributed by atoms with E-state index in [1.807, 2.05) is 18.0 Å². The molecule has 13 heteroatoms. The molecule has 3 heterocycles. The van der Waals surface area contributed by atoms with E-state index >= 15 is 0 Å². The summed E-state index contributed by atoms with van der Waals surface area (Å²) >= 11 is 1.91. The van der Waals surface area contributed by atoms with E-state index < -0.39 is 0 Å². The molecule has 0 aliphatic carbocycles. The lowest BCUT2D eigenvalue weighted by atomic mass is 10.0. The zero-order valence-corrected chi connectivity index (χ0v) is 23.4. The van der Waals surface area contributed by atoms with Gasteiger partial charge in [-0.3, -0.25) is 4.79 Å². The molecule has 4 N–H and O–H groups in total. The molecule has 0 aromatic carbocycles. The van der Waals surface area contributed by atoms with Gasteiger partial charge in [-0.1, -0.05) is 25.0 Å². The average molecular weight is 556 g/mol. The quantitative estimate of drug-likeness (QED) is 0.122. The number of unbranched alkanes of at least 4 members (excludes halogenated alkanes) is 2. The molecule has 2 aliphatic heterocycles. The molecule has 0 radical (unpaired) electrons. The van der Waals surface area contributed by atoms with E-state index in [0.29, 0.717) is 64.4 Å². The lowest BCUT2D eigenvalue weighted by Crippen LogP contribution is -2.36. The topological polar surface area (TPSA) is 141 Å². The van der Waals surface area contributed by atoms with Crippen molar-refractivity contribution in [1.82, 2.24) is 36.3 Å². The number of carbonyl (C=O) groups excluding carboxylic acids is 2. The van der Waals surface area contributed by atoms with E-state index in [0.717, 1.165) is 43.8 Å². The maximum Gasteiger partial charge on any atom is 0.315 e. The fourth-order valence-electron chi connectivity index (χ4n) is 4.37. The molecule has 3 atom stereocenters. The van der Waals surface area contributed by atoms with Crippen LogP contribution in [0.3, 0.4) is 0 Å². The number of hydrogen-bond donors (Lipinski definition) is 4. The van der Waals surface area contributed by atoms with Gasteiger partial charge < -0.3 is 35.5 Å². The van der Waals surface area contributed by atoms with E-state index in [1.54, 1.807) is 4.68 Å². The van der Waals surface area contributed by atoms with E-state index in [4.69, 9.17) is 14.2 Å². The summed E-state index contributed by atoms with van der Waals surface area (Å²) in [5.74, 6) is 1.02. The van der Waals surface area contributed by atoms with Crippen LogP contribution in [0.5, 0.6) is 0 Å². The first-order valence-corrected chi connectivity index (χ1v) is 15.0. The maximum atomic E-state index is 12.0. The highest BCUT2D eigenvalue weighted by Gasteiger charge is 2.42. The van der Waals surface area contributed by atoms with Crippen molar-refractivity contribution < 1.29 is 23.8 Å². The monoisotopic (exact) mass is 555 g/mol. The number of thioether (sulfide) groups is 1. The van der Waals surface area contributed by atoms with Crippen LogP contribution in [0.1, 0.15) is 51.1 Å². The number of aromatic nitrogens is 3. The van der Waals surface area contributed by atoms with Crippen LogP contribution in [0.25, 0.3) is 0 Å². The van der Waals surface area contributed by atoms with Crippen molar-refractivity contribution in [2.24, 2.45) is 0 Å². The van der Waals surface area contributed by atoms with Crippen molar-refractivity contribution in [1.29, 1.82) is 0 Å². The third-order valence-electron chi connectivity index (χ3n) is 6.46. The number of ether oxygens (including phenoxy) is 3. The minimum Gasteiger partial charge on any atom is -0.377 e. The Hall–Kier alpha value is -1.93. The van der Waals surface area contributed by atoms with Gasteiger partial charge in [0.15, 0.2) is 0 Å². The standard InChI is InChI=1S/C25H45N7O5S/c1-2-3-8-26-17-20-18-32(31-30-20)10-12-36-14-16-37-15-13-35-11-9-27-23(33)7-5-4-6-22-24-21(19-38-22)28-25(34)29-24/h18,21-22,24,26H,2-17,19H2,1H3,(H,27,33)(H2,28,29,34)/t21-,22-,24-/m0/s1. The molecule has 3 amide bonds. The predicted molar refractivity (Wildman–Crippen MR) is 146 cm³/mol. The minimum atomic E-state index is -0.0530. The first kappa shape index (κ1) is 30.6. The second kappa shape index (κ2) is 18.4. The zero-order chi connectivity index (χ0) is 26.8. The summed E-state index contributed by atoms with van der Waals surface area (Å²) in [6.45, 7) is 8.10. The Balaban J connectivity index is 1.04. The Morgan fingerprint density at radius 3 is 2.68 bits per heavy atom. The van der Waals surface area contributed by atoms with Crippen molar-refractivity contribution >= 4 is 23.7 Å². The van der Waals surface area contributed by atoms with Crippen LogP contribution in [0, 0.1) is 0 Å². The highest BCUT2D eigenvalue weighted by atomic mass is 32.2. The molecule has 0 saturated carbocycles. The number of rotatable bonds is 22. The number of nitrogens with one attached hydrogen (secondary N) is 4. The van der Waals surface area contributed by atoms with Crippen LogP contribution < -0.4 is 21.3 Å². The molecule has 38 heavy (non-hydrogen) atoms. The van der Waals surface area contributed by atoms with Gasteiger partial charge in [0.1, 0.15) is 0 Å². The van der Waals surface area contributed by atoms with Crippen LogP contribution in [-0.2, 0) is 32.1 Å². The highest BCUT2D eigenvalue weighted by Crippen LogP contribution is 2.33. The summed E-state index contributed by atoms with van der Waals surface area (Å²) in [5.41, 5.74) is 0.941. The fourth-order valence-corrected chi connectivity index (χ4v) is 5.92. The van der Waals surface area contributed by atoms with Crippen LogP contribution >= 0.6 is 11.8 Å². The number of amides is 3. The molecule has 2 saturated heterocycles. The summed E-state index contributed by atoms with van der Waals surface area (Å²) in [4.78, 5) is 23.4. The van der Waals surface area contributed by atoms with Crippen molar-refractivity contribution in [3.05, 3.63) is 11.9 Å². The SMILES string of the molecule is CCCCNCc1cn(CCOCCOCCOCCNC(=O)CCCC[C@@H]2SC[C@@H]3NC(=O)N[C@@H]32)nn1. The molecule has 216 valence electrons. The second-order valence-electron chi connectivity index (χ2n) is 9.56. The fraction of sp³-hybridized carbons (Fsp3) is 0.840. The number of urea groups is 1. The number of fused-ring (bicyclic) bond motifs is 1. The van der Waals surface area contributed by atoms with Crippen molar-refractivity contribution in [3.63, 3.8) is 0 Å². The average Bonchev–Trinajstić information content (AvgIpc) is 3.61. The second-order valence-corrected chi connectivity index (χ2v) is 10.8. The molecular weight excluding hydrogens is 510 g/mol. The number of carbonyl (C=O) groups is 2. The van der Waals surface area contributed by atoms with E-state index in [1.165, 1.54) is 12.8 Å². The van der Waals surface area contributed by atoms with Crippen molar-refractivity contribution in [3.8, 4) is 0 Å². The Kier molecular flexibility index (Phi) is 14.8. The molecule has 0 spiro atoms. The van der Waals surface area contributed by atoms with Gasteiger partial charge in [-0.05, 0) is 25.8 Å². The largest absolute Gasteiger partial charge is 0.377 e. The third-order valence-corrected chi connectivity index (χ3v) is 7.97. The van der Waals surface area contributed by atoms with Crippen LogP contribution in [0.4, 0.5) is 4.79 Å². The molecule has 1 aromatic heterocycles. The summed E-state index contributed by atoms with van der Waals surface area (Å²) in [5, 5.41) is 20.9. The molecule has 12 nitrogen and oxygen atoms in total. The predicted octanol–water partition coefficient (Wildman–Crippen LogP) is 1.06. The molecule has 0 unspecified atom stereocenters. The van der Waals surface area contributed by atoms with Crippen molar-refractivity contribution in [2.45, 2.75) is 75.9 Å². The van der Waals surface area contributed by atoms with Crippen LogP contribution in [-0.4, -0.2) is 103 Å². The first-order valence-electron chi connectivity index (χ1n) is 13.9. The Bertz CT molecular complexity index is 815. The molecule has 0 bridgehead atoms. The van der Waals surface area contributed by atoms with E-state index in [9.17, 15) is 9.59 Å². The smallest absolute Gasteiger partial charge is 0.315 e.